The van der Waals surface area contributed by atoms with Crippen LogP contribution in [0, 0.1) is 0 Å². The summed E-state index contributed by atoms with van der Waals surface area (Å²) >= 11 is 1.53. The Hall–Kier alpha value is -1.50. The fraction of sp³-hybridized carbons (Fsp3) is 0.609. The number of piperidine rings is 1. The maximum Gasteiger partial charge on any atom is 0.313 e. The summed E-state index contributed by atoms with van der Waals surface area (Å²) < 4.78 is 7.93. The van der Waals surface area contributed by atoms with Crippen LogP contribution in [-0.2, 0) is 16.1 Å². The predicted molar refractivity (Wildman–Crippen MR) is 121 cm³/mol. The largest absolute Gasteiger partial charge is 0.481 e. The number of aromatic nitrogens is 1. The molecule has 0 saturated carbocycles. The van der Waals surface area contributed by atoms with Gasteiger partial charge in [-0.2, -0.15) is 11.8 Å². The maximum absolute atomic E-state index is 10.5. The highest BCUT2D eigenvalue weighted by Gasteiger charge is 2.23. The van der Waals surface area contributed by atoms with E-state index in [9.17, 15) is 4.79 Å². The van der Waals surface area contributed by atoms with Crippen molar-refractivity contribution in [1.82, 2.24) is 9.47 Å². The highest BCUT2D eigenvalue weighted by Crippen LogP contribution is 2.34. The van der Waals surface area contributed by atoms with Crippen molar-refractivity contribution in [3.05, 3.63) is 36.0 Å². The number of carboxylic acids is 1. The standard InChI is InChI=1S/C23H34N2O3S/c1-2-28-15-14-25-17-21(20-7-3-4-8-22(20)25)19-9-12-24(13-10-19)11-5-6-16-29-18-23(26)27/h3-4,7-8,17,19H,2,5-6,9-16,18H2,1H3,(H,26,27). The number of carboxylic acid groups (broad SMARTS) is 1. The Morgan fingerprint density at radius 1 is 1.21 bits per heavy atom. The highest BCUT2D eigenvalue weighted by molar-refractivity contribution is 7.99. The number of aliphatic carboxylic acids is 1. The number of unbranched alkanes of at least 4 members (excludes halogenated alkanes) is 1. The third-order valence-electron chi connectivity index (χ3n) is 5.77. The molecule has 29 heavy (non-hydrogen) atoms. The lowest BCUT2D eigenvalue weighted by molar-refractivity contribution is -0.133. The summed E-state index contributed by atoms with van der Waals surface area (Å²) in [5, 5.41) is 10.1. The van der Waals surface area contributed by atoms with Crippen LogP contribution in [0.1, 0.15) is 44.1 Å². The van der Waals surface area contributed by atoms with Gasteiger partial charge < -0.3 is 19.3 Å². The number of para-hydroxylation sites is 1. The Balaban J connectivity index is 1.49. The molecule has 1 fully saturated rings. The summed E-state index contributed by atoms with van der Waals surface area (Å²) in [4.78, 5) is 13.1. The van der Waals surface area contributed by atoms with Gasteiger partial charge in [0.15, 0.2) is 0 Å². The Morgan fingerprint density at radius 2 is 2.00 bits per heavy atom. The summed E-state index contributed by atoms with van der Waals surface area (Å²) in [6.45, 7) is 7.93. The van der Waals surface area contributed by atoms with Gasteiger partial charge in [-0.25, -0.2) is 0 Å². The van der Waals surface area contributed by atoms with Gasteiger partial charge in [0.25, 0.3) is 0 Å². The van der Waals surface area contributed by atoms with Gasteiger partial charge in [0.05, 0.1) is 12.4 Å². The van der Waals surface area contributed by atoms with E-state index in [2.05, 4.69) is 39.9 Å². The van der Waals surface area contributed by atoms with Crippen molar-refractivity contribution in [3.8, 4) is 0 Å². The molecule has 1 aliphatic heterocycles. The Bertz CT molecular complexity index is 769. The van der Waals surface area contributed by atoms with Crippen molar-refractivity contribution in [3.63, 3.8) is 0 Å². The monoisotopic (exact) mass is 418 g/mol. The van der Waals surface area contributed by atoms with Crippen molar-refractivity contribution < 1.29 is 14.6 Å². The van der Waals surface area contributed by atoms with E-state index < -0.39 is 5.97 Å². The minimum absolute atomic E-state index is 0.226. The minimum Gasteiger partial charge on any atom is -0.481 e. The van der Waals surface area contributed by atoms with Crippen LogP contribution in [-0.4, -0.2) is 64.9 Å². The number of likely N-dealkylation sites (tertiary alicyclic amines) is 1. The molecule has 1 aromatic carbocycles. The lowest BCUT2D eigenvalue weighted by Gasteiger charge is -2.32. The molecular formula is C23H34N2O3S. The second kappa shape index (κ2) is 11.6. The molecule has 6 heteroatoms. The first-order valence-electron chi connectivity index (χ1n) is 10.9. The topological polar surface area (TPSA) is 54.7 Å². The molecule has 1 aromatic heterocycles. The Kier molecular flexibility index (Phi) is 8.90. The zero-order valence-electron chi connectivity index (χ0n) is 17.5. The predicted octanol–water partition coefficient (Wildman–Crippen LogP) is 4.46. The van der Waals surface area contributed by atoms with E-state index in [1.807, 2.05) is 6.92 Å². The first kappa shape index (κ1) is 22.2. The second-order valence-electron chi connectivity index (χ2n) is 7.76. The molecule has 0 aliphatic carbocycles. The number of fused-ring (bicyclic) bond motifs is 1. The van der Waals surface area contributed by atoms with Crippen LogP contribution in [0.5, 0.6) is 0 Å². The molecule has 0 atom stereocenters. The van der Waals surface area contributed by atoms with Crippen molar-refractivity contribution >= 4 is 28.6 Å². The Morgan fingerprint density at radius 3 is 2.76 bits per heavy atom. The van der Waals surface area contributed by atoms with Crippen molar-refractivity contribution in [1.29, 1.82) is 0 Å². The molecule has 0 radical (unpaired) electrons. The van der Waals surface area contributed by atoms with E-state index in [0.717, 1.165) is 58.0 Å². The average Bonchev–Trinajstić information content (AvgIpc) is 3.10. The summed E-state index contributed by atoms with van der Waals surface area (Å²) in [5.74, 6) is 1.10. The van der Waals surface area contributed by atoms with Crippen LogP contribution in [0.25, 0.3) is 10.9 Å². The van der Waals surface area contributed by atoms with Gasteiger partial charge in [-0.3, -0.25) is 4.79 Å². The molecule has 160 valence electrons. The summed E-state index contributed by atoms with van der Waals surface area (Å²) in [7, 11) is 0. The number of hydrogen-bond donors (Lipinski definition) is 1. The van der Waals surface area contributed by atoms with Gasteiger partial charge in [0.1, 0.15) is 0 Å². The van der Waals surface area contributed by atoms with E-state index in [-0.39, 0.29) is 5.75 Å². The van der Waals surface area contributed by atoms with Crippen molar-refractivity contribution in [2.45, 2.75) is 45.1 Å². The SMILES string of the molecule is CCOCCn1cc(C2CCN(CCCCSCC(=O)O)CC2)c2ccccc21. The lowest BCUT2D eigenvalue weighted by Crippen LogP contribution is -2.33. The molecule has 1 aliphatic rings. The number of nitrogens with zero attached hydrogens (tertiary/aromatic N) is 2. The number of carbonyl (C=O) groups is 1. The quantitative estimate of drug-likeness (QED) is 0.516. The van der Waals surface area contributed by atoms with E-state index in [1.54, 1.807) is 0 Å². The smallest absolute Gasteiger partial charge is 0.313 e. The van der Waals surface area contributed by atoms with Crippen LogP contribution < -0.4 is 0 Å². The maximum atomic E-state index is 10.5. The molecule has 1 N–H and O–H groups in total. The zero-order valence-corrected chi connectivity index (χ0v) is 18.3. The minimum atomic E-state index is -0.712. The molecule has 0 bridgehead atoms. The van der Waals surface area contributed by atoms with Gasteiger partial charge in [0.2, 0.25) is 0 Å². The normalized spacial score (nSPS) is 15.9. The Labute approximate surface area is 178 Å². The van der Waals surface area contributed by atoms with Crippen LogP contribution in [0.4, 0.5) is 0 Å². The third-order valence-corrected chi connectivity index (χ3v) is 6.79. The van der Waals surface area contributed by atoms with Crippen molar-refractivity contribution in [2.75, 3.05) is 44.4 Å². The molecule has 2 aromatic rings. The van der Waals surface area contributed by atoms with E-state index in [4.69, 9.17) is 9.84 Å². The first-order chi connectivity index (χ1) is 14.2. The lowest BCUT2D eigenvalue weighted by atomic mass is 9.89. The number of benzene rings is 1. The van der Waals surface area contributed by atoms with Crippen molar-refractivity contribution in [2.24, 2.45) is 0 Å². The fourth-order valence-electron chi connectivity index (χ4n) is 4.26. The van der Waals surface area contributed by atoms with Gasteiger partial charge in [-0.15, -0.1) is 0 Å². The molecule has 1 saturated heterocycles. The summed E-state index contributed by atoms with van der Waals surface area (Å²) in [5.41, 5.74) is 2.82. The zero-order chi connectivity index (χ0) is 20.5. The van der Waals surface area contributed by atoms with E-state index >= 15 is 0 Å². The third kappa shape index (κ3) is 6.49. The molecule has 0 unspecified atom stereocenters. The second-order valence-corrected chi connectivity index (χ2v) is 8.87. The van der Waals surface area contributed by atoms with Crippen LogP contribution in [0.2, 0.25) is 0 Å². The van der Waals surface area contributed by atoms with Gasteiger partial charge in [0, 0.05) is 30.3 Å². The highest BCUT2D eigenvalue weighted by atomic mass is 32.2. The number of hydrogen-bond acceptors (Lipinski definition) is 4. The molecule has 2 heterocycles. The number of rotatable bonds is 12. The molecule has 0 spiro atoms. The first-order valence-corrected chi connectivity index (χ1v) is 12.0. The van der Waals surface area contributed by atoms with Gasteiger partial charge >= 0.3 is 5.97 Å². The fourth-order valence-corrected chi connectivity index (χ4v) is 4.99. The van der Waals surface area contributed by atoms with E-state index in [1.165, 1.54) is 41.1 Å². The molecule has 5 nitrogen and oxygen atoms in total. The summed E-state index contributed by atoms with van der Waals surface area (Å²) in [6.07, 6.45) is 7.06. The molecule has 0 amide bonds. The number of ether oxygens (including phenoxy) is 1. The summed E-state index contributed by atoms with van der Waals surface area (Å²) in [6, 6.07) is 8.77. The van der Waals surface area contributed by atoms with Crippen LogP contribution in [0.15, 0.2) is 30.5 Å². The van der Waals surface area contributed by atoms with E-state index in [0.29, 0.717) is 5.92 Å². The number of thioether (sulfide) groups is 1. The molecular weight excluding hydrogens is 384 g/mol. The van der Waals surface area contributed by atoms with Crippen LogP contribution in [0.3, 0.4) is 0 Å². The molecule has 3 rings (SSSR count). The van der Waals surface area contributed by atoms with Gasteiger partial charge in [-0.1, -0.05) is 18.2 Å². The van der Waals surface area contributed by atoms with Gasteiger partial charge in [-0.05, 0) is 75.5 Å². The van der Waals surface area contributed by atoms with Crippen LogP contribution >= 0.6 is 11.8 Å². The average molecular weight is 419 g/mol.